The molecule has 7 heteroatoms. The van der Waals surface area contributed by atoms with Gasteiger partial charge in [-0.3, -0.25) is 0 Å². The summed E-state index contributed by atoms with van der Waals surface area (Å²) in [6.07, 6.45) is 2.37. The fraction of sp³-hybridized carbons (Fsp3) is 0.526. The number of hydrogen-bond acceptors (Lipinski definition) is 5. The van der Waals surface area contributed by atoms with Gasteiger partial charge in [0.1, 0.15) is 17.7 Å². The maximum absolute atomic E-state index is 12.2. The molecule has 1 fully saturated rings. The van der Waals surface area contributed by atoms with Gasteiger partial charge in [0.15, 0.2) is 0 Å². The molecular formula is C19H25BrN4O2. The molecule has 1 atom stereocenters. The topological polar surface area (TPSA) is 58.6 Å². The average molecular weight is 421 g/mol. The number of ether oxygens (including phenoxy) is 1. The van der Waals surface area contributed by atoms with Gasteiger partial charge in [-0.05, 0) is 51.3 Å². The van der Waals surface area contributed by atoms with Gasteiger partial charge in [0.05, 0.1) is 5.52 Å². The third-order valence-electron chi connectivity index (χ3n) is 4.40. The van der Waals surface area contributed by atoms with Gasteiger partial charge in [-0.1, -0.05) is 15.9 Å². The highest BCUT2D eigenvalue weighted by molar-refractivity contribution is 9.10. The molecule has 1 aromatic carbocycles. The largest absolute Gasteiger partial charge is 0.444 e. The smallest absolute Gasteiger partial charge is 0.410 e. The number of rotatable bonds is 3. The van der Waals surface area contributed by atoms with Crippen LogP contribution in [0.25, 0.3) is 10.9 Å². The van der Waals surface area contributed by atoms with Gasteiger partial charge in [-0.25, -0.2) is 14.8 Å². The first kappa shape index (κ1) is 18.9. The van der Waals surface area contributed by atoms with E-state index in [1.165, 1.54) is 0 Å². The van der Waals surface area contributed by atoms with Gasteiger partial charge in [0.25, 0.3) is 0 Å². The normalized spacial score (nSPS) is 17.6. The molecule has 0 N–H and O–H groups in total. The number of nitrogens with zero attached hydrogens (tertiary/aromatic N) is 4. The van der Waals surface area contributed by atoms with E-state index in [0.29, 0.717) is 12.5 Å². The number of anilines is 1. The molecular weight excluding hydrogens is 396 g/mol. The first-order valence-electron chi connectivity index (χ1n) is 8.82. The van der Waals surface area contributed by atoms with E-state index in [-0.39, 0.29) is 6.09 Å². The van der Waals surface area contributed by atoms with Crippen molar-refractivity contribution in [1.82, 2.24) is 14.9 Å². The van der Waals surface area contributed by atoms with E-state index in [2.05, 4.69) is 36.9 Å². The lowest BCUT2D eigenvalue weighted by atomic mass is 10.1. The zero-order chi connectivity index (χ0) is 18.9. The SMILES string of the molecule is CN(CC1CCN(c2ncnc3ccc(Br)cc23)C1)C(=O)OC(C)(C)C. The minimum absolute atomic E-state index is 0.271. The van der Waals surface area contributed by atoms with Gasteiger partial charge in [-0.15, -0.1) is 0 Å². The van der Waals surface area contributed by atoms with Crippen LogP contribution in [-0.4, -0.2) is 53.2 Å². The van der Waals surface area contributed by atoms with E-state index in [0.717, 1.165) is 40.7 Å². The number of benzene rings is 1. The minimum Gasteiger partial charge on any atom is -0.444 e. The van der Waals surface area contributed by atoms with Crippen LogP contribution in [0.1, 0.15) is 27.2 Å². The highest BCUT2D eigenvalue weighted by atomic mass is 79.9. The number of aromatic nitrogens is 2. The fourth-order valence-corrected chi connectivity index (χ4v) is 3.60. The van der Waals surface area contributed by atoms with Gasteiger partial charge in [-0.2, -0.15) is 0 Å². The first-order valence-corrected chi connectivity index (χ1v) is 9.61. The molecule has 26 heavy (non-hydrogen) atoms. The molecule has 0 bridgehead atoms. The summed E-state index contributed by atoms with van der Waals surface area (Å²) in [4.78, 5) is 25.0. The maximum atomic E-state index is 12.2. The molecule has 1 saturated heterocycles. The van der Waals surface area contributed by atoms with E-state index in [1.54, 1.807) is 18.3 Å². The second-order valence-corrected chi connectivity index (χ2v) is 8.74. The van der Waals surface area contributed by atoms with Gasteiger partial charge in [0, 0.05) is 36.5 Å². The molecule has 1 aliphatic heterocycles. The Hall–Kier alpha value is -1.89. The number of carbonyl (C=O) groups excluding carboxylic acids is 1. The summed E-state index contributed by atoms with van der Waals surface area (Å²) in [6, 6.07) is 6.04. The number of halogens is 1. The molecule has 1 amide bonds. The van der Waals surface area contributed by atoms with Crippen LogP contribution in [0.15, 0.2) is 29.0 Å². The lowest BCUT2D eigenvalue weighted by Crippen LogP contribution is -2.37. The molecule has 1 aliphatic rings. The third-order valence-corrected chi connectivity index (χ3v) is 4.89. The summed E-state index contributed by atoms with van der Waals surface area (Å²) in [5.74, 6) is 1.35. The summed E-state index contributed by atoms with van der Waals surface area (Å²) < 4.78 is 6.45. The van der Waals surface area contributed by atoms with Crippen molar-refractivity contribution in [1.29, 1.82) is 0 Å². The van der Waals surface area contributed by atoms with Gasteiger partial charge >= 0.3 is 6.09 Å². The molecule has 2 heterocycles. The Morgan fingerprint density at radius 2 is 2.15 bits per heavy atom. The Kier molecular flexibility index (Phi) is 5.37. The molecule has 3 rings (SSSR count). The van der Waals surface area contributed by atoms with Gasteiger partial charge < -0.3 is 14.5 Å². The van der Waals surface area contributed by atoms with Crippen molar-refractivity contribution in [2.24, 2.45) is 5.92 Å². The van der Waals surface area contributed by atoms with Crippen molar-refractivity contribution in [2.75, 3.05) is 31.6 Å². The van der Waals surface area contributed by atoms with Crippen LogP contribution >= 0.6 is 15.9 Å². The summed E-state index contributed by atoms with van der Waals surface area (Å²) >= 11 is 3.53. The fourth-order valence-electron chi connectivity index (χ4n) is 3.24. The molecule has 2 aromatic rings. The number of amides is 1. The van der Waals surface area contributed by atoms with Crippen molar-refractivity contribution >= 4 is 38.7 Å². The van der Waals surface area contributed by atoms with Crippen molar-refractivity contribution in [2.45, 2.75) is 32.8 Å². The predicted octanol–water partition coefficient (Wildman–Crippen LogP) is 4.09. The van der Waals surface area contributed by atoms with Crippen LogP contribution in [0, 0.1) is 5.92 Å². The standard InChI is InChI=1S/C19H25BrN4O2/c1-19(2,3)26-18(25)23(4)10-13-7-8-24(11-13)17-15-9-14(20)5-6-16(15)21-12-22-17/h5-6,9,12-13H,7-8,10-11H2,1-4H3. The zero-order valence-corrected chi connectivity index (χ0v) is 17.3. The minimum atomic E-state index is -0.472. The molecule has 0 saturated carbocycles. The molecule has 1 aromatic heterocycles. The quantitative estimate of drug-likeness (QED) is 0.748. The molecule has 0 spiro atoms. The lowest BCUT2D eigenvalue weighted by molar-refractivity contribution is 0.0277. The number of carbonyl (C=O) groups is 1. The van der Waals surface area contributed by atoms with Crippen molar-refractivity contribution in [3.8, 4) is 0 Å². The van der Waals surface area contributed by atoms with Crippen LogP contribution in [0.5, 0.6) is 0 Å². The summed E-state index contributed by atoms with van der Waals surface area (Å²) in [5.41, 5.74) is 0.466. The van der Waals surface area contributed by atoms with Crippen LogP contribution in [0.4, 0.5) is 10.6 Å². The van der Waals surface area contributed by atoms with Gasteiger partial charge in [0.2, 0.25) is 0 Å². The van der Waals surface area contributed by atoms with Crippen LogP contribution in [0.2, 0.25) is 0 Å². The summed E-state index contributed by atoms with van der Waals surface area (Å²) in [7, 11) is 1.80. The molecule has 1 unspecified atom stereocenters. The van der Waals surface area contributed by atoms with E-state index in [4.69, 9.17) is 4.74 Å². The predicted molar refractivity (Wildman–Crippen MR) is 106 cm³/mol. The maximum Gasteiger partial charge on any atom is 0.410 e. The molecule has 0 aliphatic carbocycles. The molecule has 6 nitrogen and oxygen atoms in total. The van der Waals surface area contributed by atoms with E-state index in [9.17, 15) is 4.79 Å². The van der Waals surface area contributed by atoms with E-state index < -0.39 is 5.60 Å². The zero-order valence-electron chi connectivity index (χ0n) is 15.7. The van der Waals surface area contributed by atoms with Crippen molar-refractivity contribution < 1.29 is 9.53 Å². The Balaban J connectivity index is 1.68. The molecule has 0 radical (unpaired) electrons. The van der Waals surface area contributed by atoms with Crippen molar-refractivity contribution in [3.63, 3.8) is 0 Å². The van der Waals surface area contributed by atoms with Crippen LogP contribution < -0.4 is 4.90 Å². The Morgan fingerprint density at radius 3 is 2.88 bits per heavy atom. The highest BCUT2D eigenvalue weighted by Crippen LogP contribution is 2.30. The summed E-state index contributed by atoms with van der Waals surface area (Å²) in [5, 5.41) is 1.04. The van der Waals surface area contributed by atoms with E-state index in [1.807, 2.05) is 32.9 Å². The monoisotopic (exact) mass is 420 g/mol. The second-order valence-electron chi connectivity index (χ2n) is 7.82. The average Bonchev–Trinajstić information content (AvgIpc) is 3.00. The Bertz CT molecular complexity index is 806. The lowest BCUT2D eigenvalue weighted by Gasteiger charge is -2.26. The third kappa shape index (κ3) is 4.44. The molecule has 140 valence electrons. The van der Waals surface area contributed by atoms with Crippen molar-refractivity contribution in [3.05, 3.63) is 29.0 Å². The summed E-state index contributed by atoms with van der Waals surface area (Å²) in [6.45, 7) is 8.12. The number of fused-ring (bicyclic) bond motifs is 1. The highest BCUT2D eigenvalue weighted by Gasteiger charge is 2.28. The Morgan fingerprint density at radius 1 is 1.38 bits per heavy atom. The van der Waals surface area contributed by atoms with Crippen LogP contribution in [-0.2, 0) is 4.74 Å². The van der Waals surface area contributed by atoms with E-state index >= 15 is 0 Å². The first-order chi connectivity index (χ1) is 12.2. The second kappa shape index (κ2) is 7.39. The van der Waals surface area contributed by atoms with Crippen LogP contribution in [0.3, 0.4) is 0 Å². The Labute approximate surface area is 162 Å². The number of hydrogen-bond donors (Lipinski definition) is 0.